The highest BCUT2D eigenvalue weighted by Crippen LogP contribution is 2.44. The van der Waals surface area contributed by atoms with Crippen LogP contribution in [0.4, 0.5) is 4.79 Å². The van der Waals surface area contributed by atoms with Crippen LogP contribution in [0.5, 0.6) is 5.75 Å². The number of rotatable bonds is 6. The fourth-order valence-electron chi connectivity index (χ4n) is 3.78. The zero-order valence-corrected chi connectivity index (χ0v) is 17.1. The van der Waals surface area contributed by atoms with Gasteiger partial charge in [-0.05, 0) is 52.4 Å². The Morgan fingerprint density at radius 2 is 1.70 bits per heavy atom. The van der Waals surface area contributed by atoms with Crippen molar-refractivity contribution in [2.45, 2.75) is 12.3 Å². The SMILES string of the molecule is O=C(NCCC=Cc1cc(O)ccc1Cl)OCC1c2ccccc2-c2ccccc21. The van der Waals surface area contributed by atoms with Crippen molar-refractivity contribution >= 4 is 23.8 Å². The summed E-state index contributed by atoms with van der Waals surface area (Å²) in [4.78, 5) is 12.1. The Kier molecular flexibility index (Phi) is 6.05. The Bertz CT molecular complexity index is 1050. The molecule has 3 aromatic carbocycles. The van der Waals surface area contributed by atoms with Gasteiger partial charge in [-0.1, -0.05) is 72.3 Å². The maximum atomic E-state index is 12.1. The molecule has 3 aromatic rings. The monoisotopic (exact) mass is 419 g/mol. The number of phenols is 1. The van der Waals surface area contributed by atoms with Crippen LogP contribution in [0.2, 0.25) is 5.02 Å². The maximum Gasteiger partial charge on any atom is 0.407 e. The van der Waals surface area contributed by atoms with Crippen molar-refractivity contribution in [1.29, 1.82) is 0 Å². The van der Waals surface area contributed by atoms with Gasteiger partial charge in [-0.25, -0.2) is 4.79 Å². The molecule has 0 aromatic heterocycles. The van der Waals surface area contributed by atoms with Crippen molar-refractivity contribution < 1.29 is 14.6 Å². The average molecular weight is 420 g/mol. The highest BCUT2D eigenvalue weighted by molar-refractivity contribution is 6.32. The predicted molar refractivity (Wildman–Crippen MR) is 120 cm³/mol. The molecule has 0 saturated heterocycles. The van der Waals surface area contributed by atoms with E-state index in [-0.39, 0.29) is 11.7 Å². The second kappa shape index (κ2) is 9.06. The summed E-state index contributed by atoms with van der Waals surface area (Å²) in [6.07, 6.45) is 3.91. The normalized spacial score (nSPS) is 12.6. The van der Waals surface area contributed by atoms with Crippen molar-refractivity contribution in [3.63, 3.8) is 0 Å². The van der Waals surface area contributed by atoms with E-state index in [9.17, 15) is 9.90 Å². The minimum atomic E-state index is -0.430. The van der Waals surface area contributed by atoms with Crippen LogP contribution < -0.4 is 5.32 Å². The summed E-state index contributed by atoms with van der Waals surface area (Å²) in [5.74, 6) is 0.215. The van der Waals surface area contributed by atoms with Gasteiger partial charge in [0, 0.05) is 17.5 Å². The van der Waals surface area contributed by atoms with Crippen LogP contribution in [0.1, 0.15) is 29.0 Å². The van der Waals surface area contributed by atoms with Gasteiger partial charge in [-0.15, -0.1) is 0 Å². The highest BCUT2D eigenvalue weighted by Gasteiger charge is 2.28. The molecule has 0 radical (unpaired) electrons. The summed E-state index contributed by atoms with van der Waals surface area (Å²) in [5.41, 5.74) is 5.53. The van der Waals surface area contributed by atoms with Crippen LogP contribution in [0.3, 0.4) is 0 Å². The molecule has 2 N–H and O–H groups in total. The molecule has 0 fully saturated rings. The van der Waals surface area contributed by atoms with Gasteiger partial charge in [-0.3, -0.25) is 0 Å². The van der Waals surface area contributed by atoms with Crippen molar-refractivity contribution in [2.75, 3.05) is 13.2 Å². The molecule has 4 rings (SSSR count). The Balaban J connectivity index is 1.28. The number of carbonyl (C=O) groups excluding carboxylic acids is 1. The van der Waals surface area contributed by atoms with Gasteiger partial charge in [0.25, 0.3) is 0 Å². The summed E-state index contributed by atoms with van der Waals surface area (Å²) in [7, 11) is 0. The first-order valence-electron chi connectivity index (χ1n) is 9.87. The van der Waals surface area contributed by atoms with Crippen molar-refractivity contribution in [3.8, 4) is 16.9 Å². The lowest BCUT2D eigenvalue weighted by molar-refractivity contribution is 0.143. The molecular formula is C25H22ClNO3. The fourth-order valence-corrected chi connectivity index (χ4v) is 3.96. The smallest absolute Gasteiger partial charge is 0.407 e. The van der Waals surface area contributed by atoms with Gasteiger partial charge in [0.1, 0.15) is 12.4 Å². The van der Waals surface area contributed by atoms with E-state index >= 15 is 0 Å². The molecule has 0 saturated carbocycles. The minimum Gasteiger partial charge on any atom is -0.508 e. The Hall–Kier alpha value is -3.24. The van der Waals surface area contributed by atoms with Gasteiger partial charge in [0.15, 0.2) is 0 Å². The van der Waals surface area contributed by atoms with E-state index in [0.717, 1.165) is 5.56 Å². The zero-order chi connectivity index (χ0) is 20.9. The Morgan fingerprint density at radius 3 is 2.40 bits per heavy atom. The van der Waals surface area contributed by atoms with Crippen LogP contribution in [0.25, 0.3) is 17.2 Å². The first-order valence-corrected chi connectivity index (χ1v) is 10.2. The average Bonchev–Trinajstić information content (AvgIpc) is 3.08. The van der Waals surface area contributed by atoms with Crippen LogP contribution in [-0.2, 0) is 4.74 Å². The molecule has 5 heteroatoms. The maximum absolute atomic E-state index is 12.1. The van der Waals surface area contributed by atoms with Crippen molar-refractivity contribution in [2.24, 2.45) is 0 Å². The molecule has 0 spiro atoms. The standard InChI is InChI=1S/C25H22ClNO3/c26-24-13-12-18(28)15-17(24)7-5-6-14-27-25(29)30-16-23-21-10-3-1-8-19(21)20-9-2-4-11-22(20)23/h1-5,7-13,15,23,28H,6,14,16H2,(H,27,29). The predicted octanol–water partition coefficient (Wildman–Crippen LogP) is 5.99. The molecule has 0 unspecified atom stereocenters. The molecule has 30 heavy (non-hydrogen) atoms. The van der Waals surface area contributed by atoms with E-state index in [1.54, 1.807) is 18.2 Å². The van der Waals surface area contributed by atoms with Gasteiger partial charge >= 0.3 is 6.09 Å². The molecule has 0 aliphatic heterocycles. The topological polar surface area (TPSA) is 58.6 Å². The number of phenolic OH excluding ortho intramolecular Hbond substituents is 1. The number of fused-ring (bicyclic) bond motifs is 3. The number of aromatic hydroxyl groups is 1. The summed E-state index contributed by atoms with van der Waals surface area (Å²) in [5, 5.41) is 12.9. The van der Waals surface area contributed by atoms with E-state index in [2.05, 4.69) is 29.6 Å². The number of hydrogen-bond acceptors (Lipinski definition) is 3. The first-order chi connectivity index (χ1) is 14.6. The molecule has 1 aliphatic carbocycles. The van der Waals surface area contributed by atoms with Crippen LogP contribution >= 0.6 is 11.6 Å². The number of benzene rings is 3. The lowest BCUT2D eigenvalue weighted by atomic mass is 9.98. The lowest BCUT2D eigenvalue weighted by Gasteiger charge is -2.14. The number of nitrogens with one attached hydrogen (secondary N) is 1. The fraction of sp³-hybridized carbons (Fsp3) is 0.160. The van der Waals surface area contributed by atoms with E-state index < -0.39 is 6.09 Å². The third-order valence-corrected chi connectivity index (χ3v) is 5.55. The summed E-state index contributed by atoms with van der Waals surface area (Å²) in [6, 6.07) is 21.3. The van der Waals surface area contributed by atoms with Crippen molar-refractivity contribution in [1.82, 2.24) is 5.32 Å². The third kappa shape index (κ3) is 4.34. The second-order valence-electron chi connectivity index (χ2n) is 7.15. The number of alkyl carbamates (subject to hydrolysis) is 1. The highest BCUT2D eigenvalue weighted by atomic mass is 35.5. The molecule has 4 nitrogen and oxygen atoms in total. The van der Waals surface area contributed by atoms with E-state index in [0.29, 0.717) is 24.6 Å². The molecule has 0 bridgehead atoms. The molecular weight excluding hydrogens is 398 g/mol. The Morgan fingerprint density at radius 1 is 1.03 bits per heavy atom. The molecule has 152 valence electrons. The van der Waals surface area contributed by atoms with Crippen LogP contribution in [0.15, 0.2) is 72.8 Å². The van der Waals surface area contributed by atoms with Gasteiger partial charge in [0.05, 0.1) is 0 Å². The van der Waals surface area contributed by atoms with Crippen LogP contribution in [-0.4, -0.2) is 24.4 Å². The molecule has 1 amide bonds. The number of ether oxygens (including phenoxy) is 1. The van der Waals surface area contributed by atoms with Gasteiger partial charge in [-0.2, -0.15) is 0 Å². The largest absolute Gasteiger partial charge is 0.508 e. The molecule has 0 atom stereocenters. The number of halogens is 1. The number of hydrogen-bond donors (Lipinski definition) is 2. The van der Waals surface area contributed by atoms with E-state index in [4.69, 9.17) is 16.3 Å². The van der Waals surface area contributed by atoms with Gasteiger partial charge < -0.3 is 15.2 Å². The second-order valence-corrected chi connectivity index (χ2v) is 7.56. The van der Waals surface area contributed by atoms with Crippen molar-refractivity contribution in [3.05, 3.63) is 94.5 Å². The zero-order valence-electron chi connectivity index (χ0n) is 16.3. The lowest BCUT2D eigenvalue weighted by Crippen LogP contribution is -2.26. The Labute approximate surface area is 180 Å². The minimum absolute atomic E-state index is 0.0518. The summed E-state index contributed by atoms with van der Waals surface area (Å²) < 4.78 is 5.51. The quantitative estimate of drug-likeness (QED) is 0.482. The van der Waals surface area contributed by atoms with Crippen LogP contribution in [0, 0.1) is 0 Å². The first kappa shape index (κ1) is 20.0. The van der Waals surface area contributed by atoms with E-state index in [1.165, 1.54) is 22.3 Å². The molecule has 1 aliphatic rings. The summed E-state index contributed by atoms with van der Waals surface area (Å²) >= 11 is 6.08. The molecule has 0 heterocycles. The van der Waals surface area contributed by atoms with Gasteiger partial charge in [0.2, 0.25) is 0 Å². The number of carbonyl (C=O) groups is 1. The third-order valence-electron chi connectivity index (χ3n) is 5.20. The summed E-state index contributed by atoms with van der Waals surface area (Å²) in [6.45, 7) is 0.748. The number of amides is 1. The van der Waals surface area contributed by atoms with E-state index in [1.807, 2.05) is 36.4 Å².